The van der Waals surface area contributed by atoms with E-state index in [4.69, 9.17) is 9.11 Å². The van der Waals surface area contributed by atoms with Gasteiger partial charge in [-0.05, 0) is 17.4 Å². The van der Waals surface area contributed by atoms with E-state index in [0.717, 1.165) is 0 Å². The maximum absolute atomic E-state index is 11.6. The van der Waals surface area contributed by atoms with Crippen LogP contribution in [0, 0.1) is 0 Å². The molecule has 0 radical (unpaired) electrons. The number of hydrogen-bond donors (Lipinski definition) is 2. The van der Waals surface area contributed by atoms with Crippen molar-refractivity contribution < 1.29 is 13.0 Å². The SMILES string of the molecule is CC.CCCS(O)(O)F. The highest BCUT2D eigenvalue weighted by atomic mass is 32.3. The van der Waals surface area contributed by atoms with E-state index >= 15 is 0 Å². The van der Waals surface area contributed by atoms with Crippen molar-refractivity contribution in [2.45, 2.75) is 27.2 Å². The average Bonchev–Trinajstić information content (AvgIpc) is 1.69. The molecule has 0 aromatic rings. The smallest absolute Gasteiger partial charge is 0.0683 e. The summed E-state index contributed by atoms with van der Waals surface area (Å²) in [5.74, 6) is -0.132. The van der Waals surface area contributed by atoms with Gasteiger partial charge in [-0.3, -0.25) is 9.11 Å². The van der Waals surface area contributed by atoms with Gasteiger partial charge in [0.1, 0.15) is 0 Å². The molecule has 0 aliphatic heterocycles. The van der Waals surface area contributed by atoms with Crippen LogP contribution < -0.4 is 0 Å². The second-order valence-electron chi connectivity index (χ2n) is 1.29. The van der Waals surface area contributed by atoms with Crippen LogP contribution >= 0.6 is 11.0 Å². The molecule has 0 heterocycles. The molecule has 2 nitrogen and oxygen atoms in total. The lowest BCUT2D eigenvalue weighted by molar-refractivity contribution is 0.433. The summed E-state index contributed by atoms with van der Waals surface area (Å²) >= 11 is 0. The molecule has 0 aromatic carbocycles. The van der Waals surface area contributed by atoms with Crippen LogP contribution in [0.25, 0.3) is 0 Å². The van der Waals surface area contributed by atoms with Crippen LogP contribution in [0.2, 0.25) is 0 Å². The maximum Gasteiger partial charge on any atom is 0.0683 e. The molecule has 0 aromatic heterocycles. The molecule has 0 unspecified atom stereocenters. The monoisotopic (exact) mass is 158 g/mol. The molecule has 9 heavy (non-hydrogen) atoms. The molecule has 0 spiro atoms. The third kappa shape index (κ3) is 17.9. The first-order chi connectivity index (χ1) is 4.06. The summed E-state index contributed by atoms with van der Waals surface area (Å²) in [6.45, 7) is 5.69. The first kappa shape index (κ1) is 11.9. The highest BCUT2D eigenvalue weighted by Crippen LogP contribution is 2.39. The fourth-order valence-corrected chi connectivity index (χ4v) is 0.779. The Morgan fingerprint density at radius 1 is 1.33 bits per heavy atom. The lowest BCUT2D eigenvalue weighted by Gasteiger charge is -2.18. The first-order valence-corrected chi connectivity index (χ1v) is 4.63. The highest BCUT2D eigenvalue weighted by Gasteiger charge is 2.04. The summed E-state index contributed by atoms with van der Waals surface area (Å²) in [6.07, 6.45) is 0.471. The van der Waals surface area contributed by atoms with Crippen molar-refractivity contribution in [1.82, 2.24) is 0 Å². The van der Waals surface area contributed by atoms with Gasteiger partial charge in [0.05, 0.1) is 5.75 Å². The Hall–Kier alpha value is 0.200. The fraction of sp³-hybridized carbons (Fsp3) is 1.00. The molecule has 0 amide bonds. The molecule has 0 fully saturated rings. The zero-order valence-electron chi connectivity index (χ0n) is 6.09. The van der Waals surface area contributed by atoms with E-state index in [1.807, 2.05) is 13.8 Å². The third-order valence-corrected chi connectivity index (χ3v) is 1.39. The second-order valence-corrected chi connectivity index (χ2v) is 2.87. The van der Waals surface area contributed by atoms with Crippen molar-refractivity contribution in [2.75, 3.05) is 5.75 Å². The van der Waals surface area contributed by atoms with Crippen molar-refractivity contribution in [2.24, 2.45) is 0 Å². The average molecular weight is 158 g/mol. The van der Waals surface area contributed by atoms with E-state index in [9.17, 15) is 3.89 Å². The maximum atomic E-state index is 11.6. The molecule has 60 valence electrons. The van der Waals surface area contributed by atoms with E-state index in [1.54, 1.807) is 6.92 Å². The zero-order chi connectivity index (χ0) is 7.91. The van der Waals surface area contributed by atoms with Crippen molar-refractivity contribution in [3.8, 4) is 0 Å². The molecule has 0 saturated carbocycles. The van der Waals surface area contributed by atoms with Crippen LogP contribution in [0.5, 0.6) is 0 Å². The van der Waals surface area contributed by atoms with E-state index in [0.29, 0.717) is 6.42 Å². The zero-order valence-corrected chi connectivity index (χ0v) is 6.91. The molecule has 2 N–H and O–H groups in total. The lowest BCUT2D eigenvalue weighted by Crippen LogP contribution is -1.92. The van der Waals surface area contributed by atoms with Gasteiger partial charge in [-0.2, -0.15) is 0 Å². The minimum Gasteiger partial charge on any atom is -0.274 e. The quantitative estimate of drug-likeness (QED) is 0.648. The van der Waals surface area contributed by atoms with Gasteiger partial charge in [0, 0.05) is 0 Å². The van der Waals surface area contributed by atoms with Gasteiger partial charge in [-0.25, -0.2) is 0 Å². The van der Waals surface area contributed by atoms with E-state index in [1.165, 1.54) is 0 Å². The Bertz CT molecular complexity index is 53.4. The molecule has 0 atom stereocenters. The molecule has 0 aliphatic carbocycles. The van der Waals surface area contributed by atoms with Crippen LogP contribution in [0.15, 0.2) is 0 Å². The normalized spacial score (nSPS) is 11.8. The van der Waals surface area contributed by atoms with Crippen LogP contribution in [0.1, 0.15) is 27.2 Å². The first-order valence-electron chi connectivity index (χ1n) is 3.02. The highest BCUT2D eigenvalue weighted by molar-refractivity contribution is 8.19. The van der Waals surface area contributed by atoms with Gasteiger partial charge in [0.15, 0.2) is 0 Å². The van der Waals surface area contributed by atoms with Crippen molar-refractivity contribution in [3.05, 3.63) is 0 Å². The van der Waals surface area contributed by atoms with Crippen molar-refractivity contribution >= 4 is 11.0 Å². The Labute approximate surface area is 57.7 Å². The van der Waals surface area contributed by atoms with Crippen LogP contribution in [-0.4, -0.2) is 14.9 Å². The lowest BCUT2D eigenvalue weighted by atomic mass is 10.6. The van der Waals surface area contributed by atoms with E-state index in [2.05, 4.69) is 0 Å². The standard InChI is InChI=1S/C3H9FO2S.C2H6/c1-2-3-7(4,5)6;1-2/h5-6H,2-3H2,1H3;1-2H3. The van der Waals surface area contributed by atoms with Crippen molar-refractivity contribution in [3.63, 3.8) is 0 Å². The molecule has 4 heteroatoms. The summed E-state index contributed by atoms with van der Waals surface area (Å²) < 4.78 is 27.6. The predicted molar refractivity (Wildman–Crippen MR) is 40.5 cm³/mol. The molecule has 0 rings (SSSR count). The largest absolute Gasteiger partial charge is 0.274 e. The summed E-state index contributed by atoms with van der Waals surface area (Å²) in [5.41, 5.74) is 0. The molecule has 0 aliphatic rings. The fourth-order valence-electron chi connectivity index (χ4n) is 0.260. The van der Waals surface area contributed by atoms with Crippen molar-refractivity contribution in [1.29, 1.82) is 0 Å². The Kier molecular flexibility index (Phi) is 8.38. The number of hydrogen-bond acceptors (Lipinski definition) is 2. The van der Waals surface area contributed by atoms with Crippen LogP contribution in [0.3, 0.4) is 0 Å². The Balaban J connectivity index is 0. The number of halogens is 1. The summed E-state index contributed by atoms with van der Waals surface area (Å²) in [4.78, 5) is 0. The molecule has 0 bridgehead atoms. The second kappa shape index (κ2) is 6.32. The van der Waals surface area contributed by atoms with Gasteiger partial charge in [-0.1, -0.05) is 24.7 Å². The van der Waals surface area contributed by atoms with Gasteiger partial charge < -0.3 is 0 Å². The number of rotatable bonds is 2. The molecule has 0 saturated heterocycles. The Morgan fingerprint density at radius 3 is 1.67 bits per heavy atom. The minimum absolute atomic E-state index is 0.132. The summed E-state index contributed by atoms with van der Waals surface area (Å²) in [5, 5.41) is 0. The van der Waals surface area contributed by atoms with Gasteiger partial charge >= 0.3 is 0 Å². The topological polar surface area (TPSA) is 40.5 Å². The van der Waals surface area contributed by atoms with Crippen LogP contribution in [0.4, 0.5) is 3.89 Å². The van der Waals surface area contributed by atoms with Crippen LogP contribution in [-0.2, 0) is 0 Å². The molecular formula is C5H15FO2S. The van der Waals surface area contributed by atoms with Gasteiger partial charge in [0.25, 0.3) is 0 Å². The third-order valence-electron chi connectivity index (χ3n) is 0.464. The Morgan fingerprint density at radius 2 is 1.67 bits per heavy atom. The van der Waals surface area contributed by atoms with E-state index < -0.39 is 11.0 Å². The summed E-state index contributed by atoms with van der Waals surface area (Å²) in [7, 11) is -3.67. The van der Waals surface area contributed by atoms with E-state index in [-0.39, 0.29) is 5.75 Å². The van der Waals surface area contributed by atoms with Gasteiger partial charge in [-0.15, -0.1) is 0 Å². The minimum atomic E-state index is -3.67. The molecular weight excluding hydrogens is 143 g/mol. The van der Waals surface area contributed by atoms with Gasteiger partial charge in [0.2, 0.25) is 0 Å². The predicted octanol–water partition coefficient (Wildman–Crippen LogP) is 3.06. The summed E-state index contributed by atoms with van der Waals surface area (Å²) in [6, 6.07) is 0.